The van der Waals surface area contributed by atoms with Crippen molar-refractivity contribution in [1.29, 1.82) is 0 Å². The molecular weight excluding hydrogens is 494 g/mol. The molecule has 1 rings (SSSR count). The Balaban J connectivity index is 3.51. The number of rotatable bonds is 14. The first-order valence-corrected chi connectivity index (χ1v) is 10.3. The van der Waals surface area contributed by atoms with E-state index in [2.05, 4.69) is 26.6 Å². The third-order valence-electron chi connectivity index (χ3n) is 4.82. The predicted octanol–water partition coefficient (Wildman–Crippen LogP) is 0.445. The number of nitrogens with one attached hydrogen (secondary N) is 2. The van der Waals surface area contributed by atoms with Gasteiger partial charge in [0.2, 0.25) is 5.91 Å². The Bertz CT molecular complexity index is 859. The number of carbonyl (C=O) groups is 5. The summed E-state index contributed by atoms with van der Waals surface area (Å²) in [5.41, 5.74) is 2.46. The molecule has 176 valence electrons. The molecule has 0 aliphatic carbocycles. The first kappa shape index (κ1) is 27.0. The summed E-state index contributed by atoms with van der Waals surface area (Å²) in [5.74, 6) is -6.46. The number of halogens is 1. The first-order chi connectivity index (χ1) is 14.8. The van der Waals surface area contributed by atoms with Gasteiger partial charge in [0.15, 0.2) is 0 Å². The molecule has 1 aromatic carbocycles. The van der Waals surface area contributed by atoms with Crippen LogP contribution in [-0.4, -0.2) is 66.6 Å². The lowest BCUT2D eigenvalue weighted by Crippen LogP contribution is -2.70. The number of carboxylic acids is 4. The number of alkyl halides is 1. The van der Waals surface area contributed by atoms with Gasteiger partial charge in [0, 0.05) is 12.2 Å². The summed E-state index contributed by atoms with van der Waals surface area (Å²) in [7, 11) is 0. The van der Waals surface area contributed by atoms with Crippen molar-refractivity contribution in [3.63, 3.8) is 0 Å². The van der Waals surface area contributed by atoms with Gasteiger partial charge in [-0.2, -0.15) is 0 Å². The van der Waals surface area contributed by atoms with E-state index in [1.165, 1.54) is 0 Å². The molecule has 0 fully saturated rings. The van der Waals surface area contributed by atoms with Gasteiger partial charge in [0.1, 0.15) is 0 Å². The standard InChI is InChI=1S/C19H24BrN3O9/c20-9-13(24)23-12-4-2-1-3-11(12)10-22-19(7-16(29)30,8-17(31)32)18(21,5-14(25)26)6-15(27)28/h1-4,22H,5-10,21H2,(H,23,24)(H,25,26)(H,27,28)(H,29,30)(H,31,32). The number of aliphatic carboxylic acids is 4. The van der Waals surface area contributed by atoms with E-state index in [0.29, 0.717) is 11.3 Å². The molecule has 0 radical (unpaired) electrons. The number of anilines is 1. The van der Waals surface area contributed by atoms with E-state index in [9.17, 15) is 44.4 Å². The summed E-state index contributed by atoms with van der Waals surface area (Å²) in [5, 5.41) is 42.8. The van der Waals surface area contributed by atoms with Crippen LogP contribution in [0, 0.1) is 0 Å². The zero-order valence-corrected chi connectivity index (χ0v) is 18.4. The highest BCUT2D eigenvalue weighted by Crippen LogP contribution is 2.35. The van der Waals surface area contributed by atoms with Crippen LogP contribution in [0.4, 0.5) is 5.69 Å². The highest BCUT2D eigenvalue weighted by atomic mass is 79.9. The second-order valence-electron chi connectivity index (χ2n) is 7.21. The van der Waals surface area contributed by atoms with Crippen LogP contribution in [-0.2, 0) is 30.5 Å². The van der Waals surface area contributed by atoms with E-state index >= 15 is 0 Å². The van der Waals surface area contributed by atoms with E-state index in [1.807, 2.05) is 0 Å². The molecule has 0 spiro atoms. The summed E-state index contributed by atoms with van der Waals surface area (Å²) in [6.45, 7) is -0.239. The van der Waals surface area contributed by atoms with Crippen LogP contribution in [0.15, 0.2) is 24.3 Å². The van der Waals surface area contributed by atoms with Gasteiger partial charge in [-0.3, -0.25) is 24.0 Å². The molecule has 12 nitrogen and oxygen atoms in total. The quantitative estimate of drug-likeness (QED) is 0.168. The topological polar surface area (TPSA) is 216 Å². The third kappa shape index (κ3) is 7.59. The highest BCUT2D eigenvalue weighted by molar-refractivity contribution is 9.09. The van der Waals surface area contributed by atoms with Crippen molar-refractivity contribution in [2.75, 3.05) is 10.6 Å². The molecule has 1 amide bonds. The number of carbonyl (C=O) groups excluding carboxylic acids is 1. The lowest BCUT2D eigenvalue weighted by Gasteiger charge is -2.46. The molecule has 0 heterocycles. The van der Waals surface area contributed by atoms with Crippen LogP contribution in [0.25, 0.3) is 0 Å². The van der Waals surface area contributed by atoms with Crippen molar-refractivity contribution >= 4 is 51.4 Å². The average molecular weight is 518 g/mol. The number of hydrogen-bond donors (Lipinski definition) is 7. The second-order valence-corrected chi connectivity index (χ2v) is 7.77. The molecule has 0 unspecified atom stereocenters. The van der Waals surface area contributed by atoms with E-state index in [-0.39, 0.29) is 17.8 Å². The Morgan fingerprint density at radius 1 is 0.844 bits per heavy atom. The van der Waals surface area contributed by atoms with Crippen LogP contribution in [0.3, 0.4) is 0 Å². The van der Waals surface area contributed by atoms with E-state index in [4.69, 9.17) is 5.73 Å². The van der Waals surface area contributed by atoms with Gasteiger partial charge in [0.05, 0.1) is 42.1 Å². The minimum absolute atomic E-state index is 0.000136. The molecule has 0 saturated carbocycles. The van der Waals surface area contributed by atoms with Crippen molar-refractivity contribution in [1.82, 2.24) is 5.32 Å². The maximum absolute atomic E-state index is 11.7. The Hall–Kier alpha value is -3.03. The Labute approximate surface area is 190 Å². The Morgan fingerprint density at radius 3 is 1.75 bits per heavy atom. The minimum atomic E-state index is -2.28. The van der Waals surface area contributed by atoms with Crippen molar-refractivity contribution < 1.29 is 44.4 Å². The predicted molar refractivity (Wildman–Crippen MR) is 114 cm³/mol. The molecule has 0 atom stereocenters. The molecule has 0 saturated heterocycles. The van der Waals surface area contributed by atoms with E-state index in [1.54, 1.807) is 24.3 Å². The van der Waals surface area contributed by atoms with Gasteiger partial charge in [-0.15, -0.1) is 0 Å². The molecule has 13 heteroatoms. The highest BCUT2D eigenvalue weighted by Gasteiger charge is 2.53. The normalized spacial score (nSPS) is 11.6. The van der Waals surface area contributed by atoms with E-state index < -0.39 is 60.6 Å². The SMILES string of the molecule is NC(CC(=O)O)(CC(=O)O)C(CC(=O)O)(CC(=O)O)NCc1ccccc1NC(=O)CBr. The minimum Gasteiger partial charge on any atom is -0.481 e. The maximum Gasteiger partial charge on any atom is 0.305 e. The zero-order chi connectivity index (χ0) is 24.5. The van der Waals surface area contributed by atoms with Crippen molar-refractivity contribution in [2.24, 2.45) is 5.73 Å². The first-order valence-electron chi connectivity index (χ1n) is 9.19. The maximum atomic E-state index is 11.7. The summed E-state index contributed by atoms with van der Waals surface area (Å²) >= 11 is 3.01. The largest absolute Gasteiger partial charge is 0.481 e. The smallest absolute Gasteiger partial charge is 0.305 e. The zero-order valence-electron chi connectivity index (χ0n) is 16.8. The van der Waals surface area contributed by atoms with Gasteiger partial charge in [-0.25, -0.2) is 0 Å². The molecule has 1 aromatic rings. The number of hydrogen-bond acceptors (Lipinski definition) is 7. The number of amides is 1. The van der Waals surface area contributed by atoms with Crippen molar-refractivity contribution in [3.8, 4) is 0 Å². The second kappa shape index (κ2) is 11.5. The van der Waals surface area contributed by atoms with Crippen molar-refractivity contribution in [2.45, 2.75) is 43.3 Å². The summed E-state index contributed by atoms with van der Waals surface area (Å²) in [6.07, 6.45) is -3.94. The number of benzene rings is 1. The average Bonchev–Trinajstić information content (AvgIpc) is 2.64. The lowest BCUT2D eigenvalue weighted by atomic mass is 9.68. The van der Waals surface area contributed by atoms with Gasteiger partial charge in [0.25, 0.3) is 0 Å². The van der Waals surface area contributed by atoms with E-state index in [0.717, 1.165) is 0 Å². The number of carboxylic acid groups (broad SMARTS) is 4. The summed E-state index contributed by atoms with van der Waals surface area (Å²) in [6, 6.07) is 6.35. The number of para-hydroxylation sites is 1. The fourth-order valence-corrected chi connectivity index (χ4v) is 3.56. The molecular formula is C19H24BrN3O9. The molecule has 0 aliphatic rings. The van der Waals surface area contributed by atoms with Crippen molar-refractivity contribution in [3.05, 3.63) is 29.8 Å². The Kier molecular flexibility index (Phi) is 9.75. The van der Waals surface area contributed by atoms with Crippen LogP contribution < -0.4 is 16.4 Å². The summed E-state index contributed by atoms with van der Waals surface area (Å²) in [4.78, 5) is 57.9. The van der Waals surface area contributed by atoms with Gasteiger partial charge >= 0.3 is 23.9 Å². The molecule has 8 N–H and O–H groups in total. The third-order valence-corrected chi connectivity index (χ3v) is 5.33. The van der Waals surface area contributed by atoms with Crippen LogP contribution >= 0.6 is 15.9 Å². The Morgan fingerprint density at radius 2 is 1.31 bits per heavy atom. The molecule has 32 heavy (non-hydrogen) atoms. The van der Waals surface area contributed by atoms with Gasteiger partial charge in [-0.1, -0.05) is 34.1 Å². The molecule has 0 bridgehead atoms. The van der Waals surface area contributed by atoms with Crippen LogP contribution in [0.5, 0.6) is 0 Å². The van der Waals surface area contributed by atoms with Gasteiger partial charge < -0.3 is 36.8 Å². The molecule has 0 aromatic heterocycles. The monoisotopic (exact) mass is 517 g/mol. The number of nitrogens with two attached hydrogens (primary N) is 1. The van der Waals surface area contributed by atoms with Crippen LogP contribution in [0.2, 0.25) is 0 Å². The lowest BCUT2D eigenvalue weighted by molar-refractivity contribution is -0.151. The van der Waals surface area contributed by atoms with Crippen LogP contribution in [0.1, 0.15) is 31.2 Å². The summed E-state index contributed by atoms with van der Waals surface area (Å²) < 4.78 is 0. The fraction of sp³-hybridized carbons (Fsp3) is 0.421. The van der Waals surface area contributed by atoms with Gasteiger partial charge in [-0.05, 0) is 11.6 Å². The molecule has 0 aliphatic heterocycles. The fourth-order valence-electron chi connectivity index (χ4n) is 3.42.